The lowest BCUT2D eigenvalue weighted by atomic mass is 9.90. The van der Waals surface area contributed by atoms with Crippen molar-refractivity contribution in [2.24, 2.45) is 5.92 Å². The Kier molecular flexibility index (Phi) is 3.99. The zero-order chi connectivity index (χ0) is 9.90. The van der Waals surface area contributed by atoms with Crippen molar-refractivity contribution in [3.05, 3.63) is 0 Å². The van der Waals surface area contributed by atoms with Gasteiger partial charge in [-0.15, -0.1) is 0 Å². The lowest BCUT2D eigenvalue weighted by molar-refractivity contribution is 0.0882. The fourth-order valence-corrected chi connectivity index (χ4v) is 5.14. The van der Waals surface area contributed by atoms with Gasteiger partial charge in [-0.3, -0.25) is 0 Å². The molecule has 0 aliphatic heterocycles. The molecule has 1 atom stereocenters. The van der Waals surface area contributed by atoms with E-state index in [1.165, 1.54) is 32.1 Å². The summed E-state index contributed by atoms with van der Waals surface area (Å²) in [6.45, 7) is 7.28. The van der Waals surface area contributed by atoms with E-state index in [9.17, 15) is 0 Å². The fraction of sp³-hybridized carbons (Fsp3) is 1.00. The molecule has 0 saturated heterocycles. The zero-order valence-electron chi connectivity index (χ0n) is 9.60. The SMILES string of the molecule is COC(C1CCCCC1)[Si](C)(C)C. The van der Waals surface area contributed by atoms with Gasteiger partial charge in [0.2, 0.25) is 0 Å². The van der Waals surface area contributed by atoms with Gasteiger partial charge in [0.1, 0.15) is 0 Å². The first kappa shape index (κ1) is 11.3. The van der Waals surface area contributed by atoms with Crippen LogP contribution in [-0.2, 0) is 4.74 Å². The van der Waals surface area contributed by atoms with Gasteiger partial charge in [-0.25, -0.2) is 0 Å². The normalized spacial score (nSPS) is 23.1. The van der Waals surface area contributed by atoms with Crippen LogP contribution < -0.4 is 0 Å². The van der Waals surface area contributed by atoms with Crippen LogP contribution in [0.4, 0.5) is 0 Å². The van der Waals surface area contributed by atoms with E-state index >= 15 is 0 Å². The molecular weight excluding hydrogens is 176 g/mol. The van der Waals surface area contributed by atoms with Crippen molar-refractivity contribution in [1.82, 2.24) is 0 Å². The molecule has 1 nitrogen and oxygen atoms in total. The van der Waals surface area contributed by atoms with E-state index in [2.05, 4.69) is 19.6 Å². The van der Waals surface area contributed by atoms with Crippen molar-refractivity contribution in [2.45, 2.75) is 57.5 Å². The lowest BCUT2D eigenvalue weighted by Crippen LogP contribution is -2.45. The Morgan fingerprint density at radius 2 is 1.62 bits per heavy atom. The minimum Gasteiger partial charge on any atom is -0.385 e. The summed E-state index contributed by atoms with van der Waals surface area (Å²) in [6.07, 6.45) is 7.11. The van der Waals surface area contributed by atoms with E-state index in [0.29, 0.717) is 5.73 Å². The highest BCUT2D eigenvalue weighted by molar-refractivity contribution is 6.77. The minimum atomic E-state index is -1.10. The summed E-state index contributed by atoms with van der Waals surface area (Å²) in [7, 11) is 0.804. The third kappa shape index (κ3) is 3.10. The average Bonchev–Trinajstić information content (AvgIpc) is 2.05. The first-order valence-corrected chi connectivity index (χ1v) is 9.16. The molecule has 0 amide bonds. The van der Waals surface area contributed by atoms with Crippen LogP contribution in [-0.4, -0.2) is 20.9 Å². The molecule has 0 bridgehead atoms. The molecule has 0 aromatic rings. The van der Waals surface area contributed by atoms with Crippen LogP contribution in [0.15, 0.2) is 0 Å². The van der Waals surface area contributed by atoms with Crippen LogP contribution in [0.25, 0.3) is 0 Å². The van der Waals surface area contributed by atoms with Crippen molar-refractivity contribution < 1.29 is 4.74 Å². The van der Waals surface area contributed by atoms with Gasteiger partial charge >= 0.3 is 0 Å². The van der Waals surface area contributed by atoms with Crippen LogP contribution in [0.5, 0.6) is 0 Å². The summed E-state index contributed by atoms with van der Waals surface area (Å²) >= 11 is 0. The standard InChI is InChI=1S/C11H24OSi/c1-12-11(13(2,3)4)10-8-6-5-7-9-10/h10-11H,5-9H2,1-4H3. The van der Waals surface area contributed by atoms with E-state index in [1.54, 1.807) is 0 Å². The summed E-state index contributed by atoms with van der Waals surface area (Å²) in [6, 6.07) is 0. The smallest absolute Gasteiger partial charge is 0.0788 e. The van der Waals surface area contributed by atoms with Crippen LogP contribution in [0.2, 0.25) is 19.6 Å². The Hall–Kier alpha value is 0.177. The van der Waals surface area contributed by atoms with Gasteiger partial charge in [0.25, 0.3) is 0 Å². The molecule has 0 aromatic carbocycles. The summed E-state index contributed by atoms with van der Waals surface area (Å²) in [5, 5.41) is 0. The van der Waals surface area contributed by atoms with Crippen molar-refractivity contribution in [2.75, 3.05) is 7.11 Å². The van der Waals surface area contributed by atoms with E-state index in [1.807, 2.05) is 7.11 Å². The molecule has 0 spiro atoms. The largest absolute Gasteiger partial charge is 0.385 e. The molecule has 13 heavy (non-hydrogen) atoms. The van der Waals surface area contributed by atoms with Crippen molar-refractivity contribution >= 4 is 8.07 Å². The highest BCUT2D eigenvalue weighted by atomic mass is 28.3. The molecule has 0 radical (unpaired) electrons. The van der Waals surface area contributed by atoms with Crippen LogP contribution in [0.1, 0.15) is 32.1 Å². The first-order valence-electron chi connectivity index (χ1n) is 5.58. The summed E-state index contributed by atoms with van der Waals surface area (Å²) in [4.78, 5) is 0. The third-order valence-electron chi connectivity index (χ3n) is 3.19. The number of hydrogen-bond donors (Lipinski definition) is 0. The third-order valence-corrected chi connectivity index (χ3v) is 5.60. The van der Waals surface area contributed by atoms with Crippen molar-refractivity contribution in [3.8, 4) is 0 Å². The highest BCUT2D eigenvalue weighted by Crippen LogP contribution is 2.31. The Labute approximate surface area is 83.9 Å². The summed E-state index contributed by atoms with van der Waals surface area (Å²) in [5.41, 5.74) is 0.591. The van der Waals surface area contributed by atoms with Gasteiger partial charge in [0.15, 0.2) is 0 Å². The summed E-state index contributed by atoms with van der Waals surface area (Å²) < 4.78 is 5.72. The molecule has 2 heteroatoms. The predicted octanol–water partition coefficient (Wildman–Crippen LogP) is 3.46. The van der Waals surface area contributed by atoms with Gasteiger partial charge in [-0.2, -0.15) is 0 Å². The molecule has 1 aliphatic carbocycles. The topological polar surface area (TPSA) is 9.23 Å². The van der Waals surface area contributed by atoms with Gasteiger partial charge in [0, 0.05) is 7.11 Å². The number of rotatable bonds is 3. The monoisotopic (exact) mass is 200 g/mol. The van der Waals surface area contributed by atoms with E-state index in [0.717, 1.165) is 5.92 Å². The second kappa shape index (κ2) is 4.60. The van der Waals surface area contributed by atoms with Gasteiger partial charge < -0.3 is 4.74 Å². The molecule has 1 aliphatic rings. The lowest BCUT2D eigenvalue weighted by Gasteiger charge is -2.36. The Balaban J connectivity index is 2.54. The van der Waals surface area contributed by atoms with Gasteiger partial charge in [0.05, 0.1) is 13.8 Å². The molecule has 0 N–H and O–H groups in total. The maximum Gasteiger partial charge on any atom is 0.0788 e. The molecule has 1 unspecified atom stereocenters. The Bertz CT molecular complexity index is 145. The molecule has 1 rings (SSSR count). The quantitative estimate of drug-likeness (QED) is 0.634. The van der Waals surface area contributed by atoms with Crippen LogP contribution >= 0.6 is 0 Å². The van der Waals surface area contributed by atoms with E-state index in [4.69, 9.17) is 4.74 Å². The second-order valence-corrected chi connectivity index (χ2v) is 10.7. The van der Waals surface area contributed by atoms with Gasteiger partial charge in [-0.1, -0.05) is 38.9 Å². The average molecular weight is 200 g/mol. The van der Waals surface area contributed by atoms with Crippen molar-refractivity contribution in [1.29, 1.82) is 0 Å². The molecule has 1 saturated carbocycles. The number of methoxy groups -OCH3 is 1. The van der Waals surface area contributed by atoms with Crippen LogP contribution in [0, 0.1) is 5.92 Å². The highest BCUT2D eigenvalue weighted by Gasteiger charge is 2.34. The Morgan fingerprint density at radius 1 is 1.08 bits per heavy atom. The second-order valence-electron chi connectivity index (χ2n) is 5.42. The molecule has 1 fully saturated rings. The van der Waals surface area contributed by atoms with Gasteiger partial charge in [-0.05, 0) is 18.8 Å². The molecule has 78 valence electrons. The van der Waals surface area contributed by atoms with E-state index in [-0.39, 0.29) is 0 Å². The number of ether oxygens (including phenoxy) is 1. The first-order chi connectivity index (χ1) is 6.05. The fourth-order valence-electron chi connectivity index (χ4n) is 2.69. The maximum absolute atomic E-state index is 5.72. The zero-order valence-corrected chi connectivity index (χ0v) is 10.6. The minimum absolute atomic E-state index is 0.591. The van der Waals surface area contributed by atoms with Crippen molar-refractivity contribution in [3.63, 3.8) is 0 Å². The number of hydrogen-bond acceptors (Lipinski definition) is 1. The molecular formula is C11H24OSi. The summed E-state index contributed by atoms with van der Waals surface area (Å²) in [5.74, 6) is 0.866. The van der Waals surface area contributed by atoms with E-state index < -0.39 is 8.07 Å². The Morgan fingerprint density at radius 3 is 2.00 bits per heavy atom. The molecule has 0 heterocycles. The maximum atomic E-state index is 5.72. The molecule has 0 aromatic heterocycles. The van der Waals surface area contributed by atoms with Crippen LogP contribution in [0.3, 0.4) is 0 Å². The predicted molar refractivity (Wildman–Crippen MR) is 60.7 cm³/mol.